The Balaban J connectivity index is 1.49. The lowest BCUT2D eigenvalue weighted by atomic mass is 10.0. The van der Waals surface area contributed by atoms with Gasteiger partial charge in [0.1, 0.15) is 30.3 Å². The SMILES string of the molecule is COC(=O)c1ccc(COc2cc(OCc3ccc(C(=O)OC)cc3)c3c(-c4ccccc4)cc(=O)oc3c2)cc1. The molecule has 0 aliphatic carbocycles. The Kier molecular flexibility index (Phi) is 8.10. The molecular weight excluding hydrogens is 524 g/mol. The van der Waals surface area contributed by atoms with Crippen LogP contribution in [0.15, 0.2) is 106 Å². The molecule has 8 heteroatoms. The highest BCUT2D eigenvalue weighted by molar-refractivity contribution is 5.98. The molecule has 0 unspecified atom stereocenters. The van der Waals surface area contributed by atoms with Crippen LogP contribution in [0, 0.1) is 0 Å². The lowest BCUT2D eigenvalue weighted by Crippen LogP contribution is -2.04. The third-order valence-electron chi connectivity index (χ3n) is 6.42. The molecule has 0 N–H and O–H groups in total. The second kappa shape index (κ2) is 12.2. The Labute approximate surface area is 235 Å². The van der Waals surface area contributed by atoms with Crippen molar-refractivity contribution in [2.75, 3.05) is 14.2 Å². The highest BCUT2D eigenvalue weighted by atomic mass is 16.5. The van der Waals surface area contributed by atoms with Gasteiger partial charge in [0, 0.05) is 23.8 Å². The number of hydrogen-bond donors (Lipinski definition) is 0. The van der Waals surface area contributed by atoms with E-state index in [2.05, 4.69) is 0 Å². The summed E-state index contributed by atoms with van der Waals surface area (Å²) in [7, 11) is 2.66. The average Bonchev–Trinajstić information content (AvgIpc) is 3.02. The van der Waals surface area contributed by atoms with Gasteiger partial charge in [-0.2, -0.15) is 0 Å². The average molecular weight is 551 g/mol. The minimum absolute atomic E-state index is 0.183. The zero-order valence-corrected chi connectivity index (χ0v) is 22.4. The fourth-order valence-corrected chi connectivity index (χ4v) is 4.32. The summed E-state index contributed by atoms with van der Waals surface area (Å²) in [6, 6.07) is 28.1. The van der Waals surface area contributed by atoms with Crippen LogP contribution in [0.25, 0.3) is 22.1 Å². The Morgan fingerprint density at radius 3 is 1.80 bits per heavy atom. The molecule has 0 atom stereocenters. The molecule has 0 amide bonds. The van der Waals surface area contributed by atoms with Crippen LogP contribution < -0.4 is 15.1 Å². The first kappa shape index (κ1) is 27.2. The summed E-state index contributed by atoms with van der Waals surface area (Å²) in [4.78, 5) is 36.1. The van der Waals surface area contributed by atoms with Gasteiger partial charge in [-0.25, -0.2) is 14.4 Å². The van der Waals surface area contributed by atoms with Crippen molar-refractivity contribution in [2.45, 2.75) is 13.2 Å². The van der Waals surface area contributed by atoms with E-state index in [0.29, 0.717) is 39.2 Å². The van der Waals surface area contributed by atoms with E-state index >= 15 is 0 Å². The second-order valence-electron chi connectivity index (χ2n) is 9.09. The third kappa shape index (κ3) is 6.28. The largest absolute Gasteiger partial charge is 0.489 e. The molecular formula is C33H26O8. The van der Waals surface area contributed by atoms with Crippen LogP contribution in [0.4, 0.5) is 0 Å². The number of ether oxygens (including phenoxy) is 4. The maximum absolute atomic E-state index is 12.6. The summed E-state index contributed by atoms with van der Waals surface area (Å²) in [6.45, 7) is 0.381. The smallest absolute Gasteiger partial charge is 0.337 e. The van der Waals surface area contributed by atoms with Gasteiger partial charge in [-0.1, -0.05) is 54.6 Å². The van der Waals surface area contributed by atoms with Crippen molar-refractivity contribution in [2.24, 2.45) is 0 Å². The van der Waals surface area contributed by atoms with E-state index in [4.69, 9.17) is 23.4 Å². The number of benzene rings is 4. The summed E-state index contributed by atoms with van der Waals surface area (Å²) in [5, 5.41) is 0.622. The zero-order valence-electron chi connectivity index (χ0n) is 22.4. The number of rotatable bonds is 9. The highest BCUT2D eigenvalue weighted by Crippen LogP contribution is 2.38. The van der Waals surface area contributed by atoms with E-state index < -0.39 is 17.6 Å². The standard InChI is InChI=1S/C33H26O8/c1-37-32(35)24-12-8-21(9-13-24)19-39-26-16-28(40-20-22-10-14-25(15-11-22)33(36)38-2)31-27(23-6-4-3-5-7-23)18-30(34)41-29(31)17-26/h3-18H,19-20H2,1-2H3. The van der Waals surface area contributed by atoms with Gasteiger partial charge < -0.3 is 23.4 Å². The van der Waals surface area contributed by atoms with Crippen molar-refractivity contribution in [3.05, 3.63) is 130 Å². The summed E-state index contributed by atoms with van der Waals surface area (Å²) in [5.74, 6) is 0.0471. The molecule has 41 heavy (non-hydrogen) atoms. The van der Waals surface area contributed by atoms with E-state index in [1.165, 1.54) is 20.3 Å². The van der Waals surface area contributed by atoms with Gasteiger partial charge in [0.15, 0.2) is 0 Å². The topological polar surface area (TPSA) is 101 Å². The minimum Gasteiger partial charge on any atom is -0.489 e. The fourth-order valence-electron chi connectivity index (χ4n) is 4.32. The van der Waals surface area contributed by atoms with Crippen molar-refractivity contribution < 1.29 is 33.0 Å². The molecule has 1 heterocycles. The van der Waals surface area contributed by atoms with Crippen LogP contribution in [0.5, 0.6) is 11.5 Å². The number of carbonyl (C=O) groups is 2. The predicted octanol–water partition coefficient (Wildman–Crippen LogP) is 6.19. The van der Waals surface area contributed by atoms with E-state index in [-0.39, 0.29) is 13.2 Å². The molecule has 0 spiro atoms. The van der Waals surface area contributed by atoms with Gasteiger partial charge in [-0.15, -0.1) is 0 Å². The molecule has 206 valence electrons. The Morgan fingerprint density at radius 1 is 0.683 bits per heavy atom. The van der Waals surface area contributed by atoms with Crippen LogP contribution in [0.2, 0.25) is 0 Å². The molecule has 0 radical (unpaired) electrons. The second-order valence-corrected chi connectivity index (χ2v) is 9.09. The molecule has 0 saturated heterocycles. The lowest BCUT2D eigenvalue weighted by molar-refractivity contribution is 0.0592. The first-order valence-electron chi connectivity index (χ1n) is 12.7. The van der Waals surface area contributed by atoms with E-state index in [1.807, 2.05) is 30.3 Å². The van der Waals surface area contributed by atoms with E-state index in [9.17, 15) is 14.4 Å². The molecule has 5 rings (SSSR count). The van der Waals surface area contributed by atoms with Crippen LogP contribution in [0.1, 0.15) is 31.8 Å². The molecule has 5 aromatic rings. The van der Waals surface area contributed by atoms with Crippen LogP contribution >= 0.6 is 0 Å². The van der Waals surface area contributed by atoms with Crippen molar-refractivity contribution >= 4 is 22.9 Å². The third-order valence-corrected chi connectivity index (χ3v) is 6.42. The Morgan fingerprint density at radius 2 is 1.24 bits per heavy atom. The molecule has 4 aromatic carbocycles. The molecule has 1 aromatic heterocycles. The van der Waals surface area contributed by atoms with Crippen LogP contribution in [-0.4, -0.2) is 26.2 Å². The molecule has 0 bridgehead atoms. The van der Waals surface area contributed by atoms with Gasteiger partial charge in [0.25, 0.3) is 0 Å². The maximum atomic E-state index is 12.6. The number of carbonyl (C=O) groups excluding carboxylic acids is 2. The fraction of sp³-hybridized carbons (Fsp3) is 0.121. The summed E-state index contributed by atoms with van der Waals surface area (Å²) < 4.78 is 27.4. The van der Waals surface area contributed by atoms with Gasteiger partial charge in [0.05, 0.1) is 30.7 Å². The van der Waals surface area contributed by atoms with Crippen molar-refractivity contribution in [1.29, 1.82) is 0 Å². The van der Waals surface area contributed by atoms with Crippen LogP contribution in [-0.2, 0) is 22.7 Å². The molecule has 0 saturated carbocycles. The number of methoxy groups -OCH3 is 2. The zero-order chi connectivity index (χ0) is 28.8. The molecule has 0 fully saturated rings. The minimum atomic E-state index is -0.503. The first-order chi connectivity index (χ1) is 19.9. The van der Waals surface area contributed by atoms with Gasteiger partial charge >= 0.3 is 17.6 Å². The van der Waals surface area contributed by atoms with E-state index in [0.717, 1.165) is 16.7 Å². The van der Waals surface area contributed by atoms with Crippen molar-refractivity contribution in [3.63, 3.8) is 0 Å². The normalized spacial score (nSPS) is 10.7. The quantitative estimate of drug-likeness (QED) is 0.158. The van der Waals surface area contributed by atoms with Crippen LogP contribution in [0.3, 0.4) is 0 Å². The Bertz CT molecular complexity index is 1740. The van der Waals surface area contributed by atoms with Gasteiger partial charge in [-0.3, -0.25) is 0 Å². The van der Waals surface area contributed by atoms with Crippen molar-refractivity contribution in [3.8, 4) is 22.6 Å². The van der Waals surface area contributed by atoms with Gasteiger partial charge in [0.2, 0.25) is 0 Å². The lowest BCUT2D eigenvalue weighted by Gasteiger charge is -2.15. The summed E-state index contributed by atoms with van der Waals surface area (Å²) in [5.41, 5.74) is 3.82. The molecule has 8 nitrogen and oxygen atoms in total. The van der Waals surface area contributed by atoms with E-state index in [1.54, 1.807) is 60.7 Å². The Hall–Kier alpha value is -5.37. The van der Waals surface area contributed by atoms with Crippen molar-refractivity contribution in [1.82, 2.24) is 0 Å². The number of esters is 2. The molecule has 0 aliphatic rings. The molecule has 0 aliphatic heterocycles. The summed E-state index contributed by atoms with van der Waals surface area (Å²) >= 11 is 0. The maximum Gasteiger partial charge on any atom is 0.337 e. The summed E-state index contributed by atoms with van der Waals surface area (Å²) in [6.07, 6.45) is 0. The number of hydrogen-bond acceptors (Lipinski definition) is 8. The van der Waals surface area contributed by atoms with Gasteiger partial charge in [-0.05, 0) is 41.0 Å². The first-order valence-corrected chi connectivity index (χ1v) is 12.7. The number of fused-ring (bicyclic) bond motifs is 1. The highest BCUT2D eigenvalue weighted by Gasteiger charge is 2.16. The monoisotopic (exact) mass is 550 g/mol. The predicted molar refractivity (Wildman–Crippen MR) is 152 cm³/mol.